The van der Waals surface area contributed by atoms with E-state index in [9.17, 15) is 0 Å². The van der Waals surface area contributed by atoms with Crippen molar-refractivity contribution in [3.63, 3.8) is 0 Å². The fraction of sp³-hybridized carbons (Fsp3) is 0.0492. The highest BCUT2D eigenvalue weighted by Gasteiger charge is 2.37. The molecule has 12 aromatic rings. The van der Waals surface area contributed by atoms with Gasteiger partial charge in [0.1, 0.15) is 11.2 Å². The SMILES string of the molecule is CC1(C)c2cc3ccccc3cc2-c2c(-c3cc(-c4ccc5cc(-c6cccc(-c7cccc8oc9c%10ccccc%10ccc9c78)c6)ccc5c4)nc(-c4ccccc4)n3)cccc21. The fourth-order valence-corrected chi connectivity index (χ4v) is 10.4. The molecule has 0 bridgehead atoms. The lowest BCUT2D eigenvalue weighted by molar-refractivity contribution is 0.661. The predicted octanol–water partition coefficient (Wildman–Crippen LogP) is 16.5. The van der Waals surface area contributed by atoms with Gasteiger partial charge in [-0.1, -0.05) is 172 Å². The van der Waals surface area contributed by atoms with Gasteiger partial charge < -0.3 is 4.42 Å². The summed E-state index contributed by atoms with van der Waals surface area (Å²) in [7, 11) is 0. The third-order valence-electron chi connectivity index (χ3n) is 13.6. The van der Waals surface area contributed by atoms with Gasteiger partial charge in [0.05, 0.1) is 11.4 Å². The Morgan fingerprint density at radius 3 is 1.86 bits per heavy atom. The normalized spacial score (nSPS) is 13.0. The second-order valence-electron chi connectivity index (χ2n) is 17.7. The molecule has 0 unspecified atom stereocenters. The van der Waals surface area contributed by atoms with Crippen molar-refractivity contribution in [2.75, 3.05) is 0 Å². The predicted molar refractivity (Wildman–Crippen MR) is 267 cm³/mol. The molecule has 10 aromatic carbocycles. The average Bonchev–Trinajstić information content (AvgIpc) is 3.85. The third-order valence-corrected chi connectivity index (χ3v) is 13.6. The highest BCUT2D eigenvalue weighted by molar-refractivity contribution is 6.19. The van der Waals surface area contributed by atoms with E-state index < -0.39 is 0 Å². The Kier molecular flexibility index (Phi) is 7.95. The largest absolute Gasteiger partial charge is 0.455 e. The topological polar surface area (TPSA) is 38.9 Å². The van der Waals surface area contributed by atoms with Gasteiger partial charge in [-0.3, -0.25) is 0 Å². The summed E-state index contributed by atoms with van der Waals surface area (Å²) in [6, 6.07) is 74.3. The van der Waals surface area contributed by atoms with Crippen molar-refractivity contribution in [2.24, 2.45) is 0 Å². The van der Waals surface area contributed by atoms with Gasteiger partial charge in [-0.05, 0) is 120 Å². The minimum absolute atomic E-state index is 0.153. The van der Waals surface area contributed by atoms with Crippen LogP contribution >= 0.6 is 0 Å². The van der Waals surface area contributed by atoms with Crippen molar-refractivity contribution >= 4 is 54.3 Å². The first-order valence-electron chi connectivity index (χ1n) is 22.0. The molecule has 2 aromatic heterocycles. The van der Waals surface area contributed by atoms with E-state index in [0.29, 0.717) is 5.82 Å². The minimum atomic E-state index is -0.153. The molecule has 2 heterocycles. The number of hydrogen-bond acceptors (Lipinski definition) is 3. The number of furan rings is 1. The van der Waals surface area contributed by atoms with Gasteiger partial charge in [-0.2, -0.15) is 0 Å². The number of fused-ring (bicyclic) bond motifs is 10. The van der Waals surface area contributed by atoms with Crippen molar-refractivity contribution in [3.8, 4) is 67.3 Å². The van der Waals surface area contributed by atoms with E-state index in [1.807, 2.05) is 6.07 Å². The number of aromatic nitrogens is 2. The fourth-order valence-electron chi connectivity index (χ4n) is 10.4. The molecule has 3 heteroatoms. The van der Waals surface area contributed by atoms with Gasteiger partial charge in [0.15, 0.2) is 5.82 Å². The molecule has 0 spiro atoms. The summed E-state index contributed by atoms with van der Waals surface area (Å²) in [5, 5.41) is 9.44. The van der Waals surface area contributed by atoms with Crippen molar-refractivity contribution in [1.29, 1.82) is 0 Å². The van der Waals surface area contributed by atoms with Gasteiger partial charge in [0.25, 0.3) is 0 Å². The van der Waals surface area contributed by atoms with Crippen LogP contribution in [-0.4, -0.2) is 9.97 Å². The number of rotatable bonds is 5. The Balaban J connectivity index is 0.901. The first-order chi connectivity index (χ1) is 31.4. The maximum absolute atomic E-state index is 6.53. The molecule has 300 valence electrons. The Morgan fingerprint density at radius 1 is 0.375 bits per heavy atom. The van der Waals surface area contributed by atoms with Gasteiger partial charge in [0, 0.05) is 38.3 Å². The van der Waals surface area contributed by atoms with E-state index in [4.69, 9.17) is 14.4 Å². The molecule has 1 aliphatic carbocycles. The van der Waals surface area contributed by atoms with Crippen LogP contribution in [0.25, 0.3) is 122 Å². The van der Waals surface area contributed by atoms with Crippen LogP contribution in [-0.2, 0) is 5.41 Å². The molecule has 0 fully saturated rings. The van der Waals surface area contributed by atoms with Gasteiger partial charge in [0.2, 0.25) is 0 Å². The minimum Gasteiger partial charge on any atom is -0.455 e. The Hall–Kier alpha value is -8.14. The lowest BCUT2D eigenvalue weighted by atomic mass is 9.81. The smallest absolute Gasteiger partial charge is 0.160 e. The molecule has 64 heavy (non-hydrogen) atoms. The van der Waals surface area contributed by atoms with Crippen LogP contribution in [0.15, 0.2) is 211 Å². The molecule has 0 amide bonds. The molecule has 0 saturated heterocycles. The zero-order valence-electron chi connectivity index (χ0n) is 35.4. The standard InChI is InChI=1S/C61H40N2O/c1-61(2)52-23-11-22-49(57(52)51-34-40-16-6-7-17-41(40)35-53(51)61)55-36-54(62-60(63-55)38-14-4-3-5-15-38)46-28-27-43-31-42(25-26-44(43)33-46)39-18-10-19-45(32-39)47-21-12-24-56-58(47)50-30-29-37-13-8-9-20-48(37)59(50)64-56/h3-36H,1-2H3. The maximum Gasteiger partial charge on any atom is 0.160 e. The summed E-state index contributed by atoms with van der Waals surface area (Å²) >= 11 is 0. The van der Waals surface area contributed by atoms with E-state index in [0.717, 1.165) is 66.4 Å². The van der Waals surface area contributed by atoms with E-state index in [1.165, 1.54) is 60.5 Å². The second-order valence-corrected chi connectivity index (χ2v) is 17.7. The molecule has 0 N–H and O–H groups in total. The molecule has 0 atom stereocenters. The summed E-state index contributed by atoms with van der Waals surface area (Å²) in [5.74, 6) is 0.712. The van der Waals surface area contributed by atoms with Crippen LogP contribution in [0, 0.1) is 0 Å². The summed E-state index contributed by atoms with van der Waals surface area (Å²) in [6.45, 7) is 4.69. The highest BCUT2D eigenvalue weighted by Crippen LogP contribution is 2.53. The van der Waals surface area contributed by atoms with Crippen LogP contribution in [0.5, 0.6) is 0 Å². The maximum atomic E-state index is 6.53. The van der Waals surface area contributed by atoms with Crippen molar-refractivity contribution in [1.82, 2.24) is 9.97 Å². The van der Waals surface area contributed by atoms with E-state index >= 15 is 0 Å². The summed E-state index contributed by atoms with van der Waals surface area (Å²) in [6.07, 6.45) is 0. The van der Waals surface area contributed by atoms with Gasteiger partial charge in [-0.25, -0.2) is 9.97 Å². The molecule has 3 nitrogen and oxygen atoms in total. The summed E-state index contributed by atoms with van der Waals surface area (Å²) in [4.78, 5) is 10.6. The monoisotopic (exact) mass is 816 g/mol. The zero-order chi connectivity index (χ0) is 42.5. The lowest BCUT2D eigenvalue weighted by Gasteiger charge is -2.22. The molecule has 0 aliphatic heterocycles. The highest BCUT2D eigenvalue weighted by atomic mass is 16.3. The molecule has 0 saturated carbocycles. The van der Waals surface area contributed by atoms with E-state index in [-0.39, 0.29) is 5.41 Å². The van der Waals surface area contributed by atoms with E-state index in [1.54, 1.807) is 0 Å². The van der Waals surface area contributed by atoms with Crippen molar-refractivity contribution in [2.45, 2.75) is 19.3 Å². The molecular weight excluding hydrogens is 777 g/mol. The van der Waals surface area contributed by atoms with Crippen molar-refractivity contribution in [3.05, 3.63) is 217 Å². The van der Waals surface area contributed by atoms with Crippen LogP contribution in [0.4, 0.5) is 0 Å². The van der Waals surface area contributed by atoms with Crippen LogP contribution in [0.1, 0.15) is 25.0 Å². The Morgan fingerprint density at radius 2 is 1.00 bits per heavy atom. The molecule has 13 rings (SSSR count). The van der Waals surface area contributed by atoms with Crippen LogP contribution in [0.3, 0.4) is 0 Å². The summed E-state index contributed by atoms with van der Waals surface area (Å²) in [5.41, 5.74) is 16.5. The van der Waals surface area contributed by atoms with Crippen LogP contribution < -0.4 is 0 Å². The second kappa shape index (κ2) is 13.9. The zero-order valence-corrected chi connectivity index (χ0v) is 35.4. The number of benzene rings is 10. The Bertz CT molecular complexity index is 3880. The van der Waals surface area contributed by atoms with E-state index in [2.05, 4.69) is 214 Å². The van der Waals surface area contributed by atoms with Gasteiger partial charge >= 0.3 is 0 Å². The number of hydrogen-bond donors (Lipinski definition) is 0. The van der Waals surface area contributed by atoms with Gasteiger partial charge in [-0.15, -0.1) is 0 Å². The third kappa shape index (κ3) is 5.67. The first-order valence-corrected chi connectivity index (χ1v) is 22.0. The van der Waals surface area contributed by atoms with Crippen LogP contribution in [0.2, 0.25) is 0 Å². The molecule has 1 aliphatic rings. The number of nitrogens with zero attached hydrogens (tertiary/aromatic N) is 2. The lowest BCUT2D eigenvalue weighted by Crippen LogP contribution is -2.14. The molecule has 0 radical (unpaired) electrons. The summed E-state index contributed by atoms with van der Waals surface area (Å²) < 4.78 is 6.53. The first kappa shape index (κ1) is 36.5. The van der Waals surface area contributed by atoms with Crippen molar-refractivity contribution < 1.29 is 4.42 Å². The molecular formula is C61H40N2O. The average molecular weight is 817 g/mol. The quantitative estimate of drug-likeness (QED) is 0.174. The Labute approximate surface area is 371 Å².